The molecule has 6 heteroatoms. The van der Waals surface area contributed by atoms with E-state index in [1.54, 1.807) is 23.9 Å². The van der Waals surface area contributed by atoms with Crippen molar-refractivity contribution in [2.75, 3.05) is 0 Å². The Morgan fingerprint density at radius 3 is 2.93 bits per heavy atom. The van der Waals surface area contributed by atoms with Gasteiger partial charge in [-0.05, 0) is 18.3 Å². The molecular weight excluding hydrogens is 200 g/mol. The monoisotopic (exact) mass is 208 g/mol. The third-order valence-corrected chi connectivity index (χ3v) is 2.29. The molecule has 0 amide bonds. The summed E-state index contributed by atoms with van der Waals surface area (Å²) in [6.45, 7) is 0. The van der Waals surface area contributed by atoms with Crippen molar-refractivity contribution in [2.45, 2.75) is 0 Å². The molecule has 2 aromatic heterocycles. The molecule has 0 fully saturated rings. The van der Waals surface area contributed by atoms with Gasteiger partial charge in [0.2, 0.25) is 0 Å². The lowest BCUT2D eigenvalue weighted by Crippen LogP contribution is -1.92. The number of nitrogens with zero attached hydrogens (tertiary/aromatic N) is 3. The predicted molar refractivity (Wildman–Crippen MR) is 53.3 cm³/mol. The maximum Gasteiger partial charge on any atom is 0.195 e. The summed E-state index contributed by atoms with van der Waals surface area (Å²) in [4.78, 5) is 3.78. The van der Waals surface area contributed by atoms with Gasteiger partial charge in [0.25, 0.3) is 0 Å². The van der Waals surface area contributed by atoms with Gasteiger partial charge in [-0.2, -0.15) is 5.10 Å². The van der Waals surface area contributed by atoms with Crippen molar-refractivity contribution in [3.63, 3.8) is 0 Å². The molecule has 0 aromatic carbocycles. The van der Waals surface area contributed by atoms with E-state index in [4.69, 9.17) is 12.2 Å². The van der Waals surface area contributed by atoms with Crippen molar-refractivity contribution in [1.29, 1.82) is 0 Å². The van der Waals surface area contributed by atoms with Crippen LogP contribution >= 0.6 is 12.2 Å². The van der Waals surface area contributed by atoms with Gasteiger partial charge in [-0.1, -0.05) is 0 Å². The number of aromatic hydroxyl groups is 1. The van der Waals surface area contributed by atoms with Crippen LogP contribution in [0.3, 0.4) is 0 Å². The first-order valence-corrected chi connectivity index (χ1v) is 4.35. The van der Waals surface area contributed by atoms with Crippen LogP contribution < -0.4 is 0 Å². The summed E-state index contributed by atoms with van der Waals surface area (Å²) in [7, 11) is 1.78. The Hall–Kier alpha value is -1.69. The number of pyridine rings is 1. The second-order valence-corrected chi connectivity index (χ2v) is 3.19. The zero-order valence-corrected chi connectivity index (χ0v) is 8.25. The van der Waals surface area contributed by atoms with Crippen LogP contribution in [-0.2, 0) is 7.05 Å². The third-order valence-electron chi connectivity index (χ3n) is 1.92. The summed E-state index contributed by atoms with van der Waals surface area (Å²) < 4.78 is 2.20. The van der Waals surface area contributed by atoms with E-state index in [-0.39, 0.29) is 5.75 Å². The SMILES string of the molecule is Cn1c(-c2ccncc2O)n[nH]c1=S. The van der Waals surface area contributed by atoms with Crippen molar-refractivity contribution >= 4 is 12.2 Å². The molecule has 2 heterocycles. The van der Waals surface area contributed by atoms with Crippen molar-refractivity contribution < 1.29 is 5.11 Å². The molecule has 0 saturated heterocycles. The number of rotatable bonds is 1. The Morgan fingerprint density at radius 2 is 2.36 bits per heavy atom. The number of aromatic amines is 1. The first-order valence-electron chi connectivity index (χ1n) is 3.95. The van der Waals surface area contributed by atoms with E-state index in [1.807, 2.05) is 0 Å². The summed E-state index contributed by atoms with van der Waals surface area (Å²) in [5.74, 6) is 0.680. The fraction of sp³-hybridized carbons (Fsp3) is 0.125. The van der Waals surface area contributed by atoms with E-state index in [2.05, 4.69) is 15.2 Å². The molecule has 0 aliphatic heterocycles. The maximum atomic E-state index is 9.53. The Kier molecular flexibility index (Phi) is 2.05. The molecule has 5 nitrogen and oxygen atoms in total. The highest BCUT2D eigenvalue weighted by molar-refractivity contribution is 7.71. The maximum absolute atomic E-state index is 9.53. The van der Waals surface area contributed by atoms with Crippen molar-refractivity contribution in [1.82, 2.24) is 19.7 Å². The molecule has 14 heavy (non-hydrogen) atoms. The van der Waals surface area contributed by atoms with Crippen LogP contribution in [-0.4, -0.2) is 24.9 Å². The molecule has 2 N–H and O–H groups in total. The van der Waals surface area contributed by atoms with Crippen LogP contribution in [0.4, 0.5) is 0 Å². The number of aromatic nitrogens is 4. The summed E-state index contributed by atoms with van der Waals surface area (Å²) >= 11 is 4.96. The molecule has 2 rings (SSSR count). The minimum atomic E-state index is 0.0876. The summed E-state index contributed by atoms with van der Waals surface area (Å²) in [6, 6.07) is 1.68. The Labute approximate surface area is 85.1 Å². The predicted octanol–water partition coefficient (Wildman–Crippen LogP) is 1.25. The molecule has 0 bridgehead atoms. The van der Waals surface area contributed by atoms with E-state index < -0.39 is 0 Å². The van der Waals surface area contributed by atoms with Gasteiger partial charge in [-0.15, -0.1) is 0 Å². The average Bonchev–Trinajstić information content (AvgIpc) is 2.49. The zero-order valence-electron chi connectivity index (χ0n) is 7.43. The van der Waals surface area contributed by atoms with E-state index in [9.17, 15) is 5.11 Å². The fourth-order valence-electron chi connectivity index (χ4n) is 1.16. The molecule has 0 spiro atoms. The fourth-order valence-corrected chi connectivity index (χ4v) is 1.30. The van der Waals surface area contributed by atoms with Crippen LogP contribution in [0.1, 0.15) is 0 Å². The molecule has 0 radical (unpaired) electrons. The summed E-state index contributed by atoms with van der Waals surface area (Å²) in [5.41, 5.74) is 0.606. The Bertz CT molecular complexity index is 516. The molecule has 2 aromatic rings. The van der Waals surface area contributed by atoms with Crippen LogP contribution in [0.2, 0.25) is 0 Å². The zero-order chi connectivity index (χ0) is 10.1. The van der Waals surface area contributed by atoms with Gasteiger partial charge in [-0.3, -0.25) is 10.1 Å². The quantitative estimate of drug-likeness (QED) is 0.692. The minimum absolute atomic E-state index is 0.0876. The topological polar surface area (TPSA) is 66.7 Å². The van der Waals surface area contributed by atoms with Crippen LogP contribution in [0.25, 0.3) is 11.4 Å². The number of nitrogens with one attached hydrogen (secondary N) is 1. The van der Waals surface area contributed by atoms with E-state index in [1.165, 1.54) is 6.20 Å². The lowest BCUT2D eigenvalue weighted by Gasteiger charge is -2.01. The largest absolute Gasteiger partial charge is 0.506 e. The lowest BCUT2D eigenvalue weighted by molar-refractivity contribution is 0.474. The highest BCUT2D eigenvalue weighted by atomic mass is 32.1. The van der Waals surface area contributed by atoms with E-state index in [0.29, 0.717) is 16.2 Å². The normalized spacial score (nSPS) is 10.4. The smallest absolute Gasteiger partial charge is 0.195 e. The number of H-pyrrole nitrogens is 1. The molecule has 0 saturated carbocycles. The van der Waals surface area contributed by atoms with Gasteiger partial charge < -0.3 is 9.67 Å². The van der Waals surface area contributed by atoms with Gasteiger partial charge in [-0.25, -0.2) is 0 Å². The van der Waals surface area contributed by atoms with Gasteiger partial charge in [0.1, 0.15) is 5.75 Å². The van der Waals surface area contributed by atoms with Gasteiger partial charge in [0.05, 0.1) is 11.8 Å². The second-order valence-electron chi connectivity index (χ2n) is 2.80. The highest BCUT2D eigenvalue weighted by Crippen LogP contribution is 2.25. The van der Waals surface area contributed by atoms with Crippen LogP contribution in [0, 0.1) is 4.77 Å². The summed E-state index contributed by atoms with van der Waals surface area (Å²) in [6.07, 6.45) is 2.96. The lowest BCUT2D eigenvalue weighted by atomic mass is 10.2. The first kappa shape index (κ1) is 8.89. The molecule has 72 valence electrons. The standard InChI is InChI=1S/C8H8N4OS/c1-12-7(10-11-8(12)14)5-2-3-9-4-6(5)13/h2-4,13H,1H3,(H,11,14). The van der Waals surface area contributed by atoms with Crippen LogP contribution in [0.15, 0.2) is 18.5 Å². The third kappa shape index (κ3) is 1.29. The highest BCUT2D eigenvalue weighted by Gasteiger charge is 2.09. The van der Waals surface area contributed by atoms with Gasteiger partial charge in [0, 0.05) is 13.2 Å². The second kappa shape index (κ2) is 3.22. The molecule has 0 atom stereocenters. The van der Waals surface area contributed by atoms with E-state index in [0.717, 1.165) is 0 Å². The Morgan fingerprint density at radius 1 is 1.57 bits per heavy atom. The van der Waals surface area contributed by atoms with Crippen molar-refractivity contribution in [3.8, 4) is 17.1 Å². The first-order chi connectivity index (χ1) is 6.70. The van der Waals surface area contributed by atoms with Crippen LogP contribution in [0.5, 0.6) is 5.75 Å². The molecule has 0 aliphatic carbocycles. The van der Waals surface area contributed by atoms with Crippen molar-refractivity contribution in [3.05, 3.63) is 23.2 Å². The van der Waals surface area contributed by atoms with Gasteiger partial charge in [0.15, 0.2) is 10.6 Å². The molecular formula is C8H8N4OS. The van der Waals surface area contributed by atoms with E-state index >= 15 is 0 Å². The summed E-state index contributed by atoms with van der Waals surface area (Å²) in [5, 5.41) is 16.2. The number of hydrogen-bond acceptors (Lipinski definition) is 4. The van der Waals surface area contributed by atoms with Gasteiger partial charge >= 0.3 is 0 Å². The number of hydrogen-bond donors (Lipinski definition) is 2. The molecule has 0 aliphatic rings. The minimum Gasteiger partial charge on any atom is -0.506 e. The Balaban J connectivity index is 2.66. The van der Waals surface area contributed by atoms with Crippen molar-refractivity contribution in [2.24, 2.45) is 7.05 Å². The average molecular weight is 208 g/mol. The molecule has 0 unspecified atom stereocenters.